The summed E-state index contributed by atoms with van der Waals surface area (Å²) in [5, 5.41) is 38.8. The van der Waals surface area contributed by atoms with E-state index in [1.165, 1.54) is 26.2 Å². The molecule has 1 fully saturated rings. The Morgan fingerprint density at radius 3 is 2.47 bits per heavy atom. The zero-order valence-corrected chi connectivity index (χ0v) is 29.3. The number of aliphatic hydroxyl groups is 2. The number of aromatic nitrogens is 4. The summed E-state index contributed by atoms with van der Waals surface area (Å²) in [6.45, 7) is 3.39. The van der Waals surface area contributed by atoms with Crippen LogP contribution in [-0.4, -0.2) is 88.3 Å². The first-order chi connectivity index (χ1) is 24.2. The van der Waals surface area contributed by atoms with Gasteiger partial charge in [0.1, 0.15) is 11.4 Å². The second kappa shape index (κ2) is 13.3. The number of pyridine rings is 2. The van der Waals surface area contributed by atoms with Crippen LogP contribution in [0.4, 0.5) is 22.9 Å². The van der Waals surface area contributed by atoms with E-state index in [9.17, 15) is 33.0 Å². The molecular weight excluding hydrogens is 678 g/mol. The van der Waals surface area contributed by atoms with Gasteiger partial charge in [-0.3, -0.25) is 29.3 Å². The maximum atomic E-state index is 13.6. The number of carbonyl (C=O) groups excluding carboxylic acids is 3. The van der Waals surface area contributed by atoms with E-state index in [0.717, 1.165) is 49.0 Å². The van der Waals surface area contributed by atoms with Crippen molar-refractivity contribution in [2.24, 2.45) is 5.92 Å². The molecule has 2 aliphatic rings. The zero-order chi connectivity index (χ0) is 36.8. The molecule has 16 nitrogen and oxygen atoms in total. The number of carbonyl (C=O) groups is 3. The van der Waals surface area contributed by atoms with Crippen molar-refractivity contribution in [2.45, 2.75) is 43.5 Å². The summed E-state index contributed by atoms with van der Waals surface area (Å²) in [7, 11) is 0.812. The summed E-state index contributed by atoms with van der Waals surface area (Å²) in [5.74, 6) is -4.50. The fourth-order valence-electron chi connectivity index (χ4n) is 5.80. The van der Waals surface area contributed by atoms with E-state index in [1.54, 1.807) is 12.1 Å². The van der Waals surface area contributed by atoms with Crippen LogP contribution in [0.3, 0.4) is 0 Å². The minimum atomic E-state index is -3.69. The monoisotopic (exact) mass is 715 g/mol. The highest BCUT2D eigenvalue weighted by Crippen LogP contribution is 2.48. The lowest BCUT2D eigenvalue weighted by molar-refractivity contribution is -0.251. The van der Waals surface area contributed by atoms with Crippen LogP contribution >= 0.6 is 0 Å². The number of anilines is 4. The third-order valence-corrected chi connectivity index (χ3v) is 10.9. The summed E-state index contributed by atoms with van der Waals surface area (Å²) in [6, 6.07) is 10.6. The molecule has 266 valence electrons. The van der Waals surface area contributed by atoms with Crippen LogP contribution in [0, 0.1) is 5.92 Å². The molecule has 0 saturated heterocycles. The third-order valence-electron chi connectivity index (χ3n) is 9.16. The minimum Gasteiger partial charge on any atom is -0.366 e. The Morgan fingerprint density at radius 2 is 1.78 bits per heavy atom. The van der Waals surface area contributed by atoms with Gasteiger partial charge in [-0.1, -0.05) is 19.1 Å². The molecule has 1 atom stereocenters. The van der Waals surface area contributed by atoms with Gasteiger partial charge < -0.3 is 31.1 Å². The molecule has 0 spiro atoms. The number of fused-ring (bicyclic) bond motifs is 3. The molecule has 1 saturated carbocycles. The number of rotatable bonds is 10. The number of nitrogens with zero attached hydrogens (tertiary/aromatic N) is 6. The normalized spacial score (nSPS) is 15.4. The smallest absolute Gasteiger partial charge is 0.295 e. The summed E-state index contributed by atoms with van der Waals surface area (Å²) in [6.07, 6.45) is 4.28. The number of nitrogens with one attached hydrogen (secondary N) is 3. The number of amides is 3. The van der Waals surface area contributed by atoms with Crippen molar-refractivity contribution in [2.75, 3.05) is 42.4 Å². The van der Waals surface area contributed by atoms with Gasteiger partial charge in [0.15, 0.2) is 21.3 Å². The van der Waals surface area contributed by atoms with E-state index in [4.69, 9.17) is 0 Å². The van der Waals surface area contributed by atoms with Gasteiger partial charge in [-0.2, -0.15) is 0 Å². The molecule has 17 heteroatoms. The second-order valence-electron chi connectivity index (χ2n) is 12.4. The van der Waals surface area contributed by atoms with Crippen LogP contribution in [0.1, 0.15) is 65.0 Å². The van der Waals surface area contributed by atoms with Gasteiger partial charge in [0.05, 0.1) is 33.8 Å². The largest absolute Gasteiger partial charge is 0.366 e. The molecule has 1 aliphatic carbocycles. The van der Waals surface area contributed by atoms with Crippen LogP contribution in [-0.2, 0) is 20.5 Å². The third kappa shape index (κ3) is 6.58. The van der Waals surface area contributed by atoms with E-state index in [-0.39, 0.29) is 45.7 Å². The molecule has 1 aromatic carbocycles. The van der Waals surface area contributed by atoms with Crippen LogP contribution < -0.4 is 20.9 Å². The molecule has 1 aliphatic heterocycles. The highest BCUT2D eigenvalue weighted by molar-refractivity contribution is 7.91. The summed E-state index contributed by atoms with van der Waals surface area (Å²) in [4.78, 5) is 49.5. The van der Waals surface area contributed by atoms with Crippen LogP contribution in [0.5, 0.6) is 0 Å². The highest BCUT2D eigenvalue weighted by Gasteiger charge is 2.39. The Morgan fingerprint density at radius 1 is 1.04 bits per heavy atom. The van der Waals surface area contributed by atoms with Crippen molar-refractivity contribution in [1.82, 2.24) is 30.4 Å². The molecule has 0 bridgehead atoms. The van der Waals surface area contributed by atoms with E-state index >= 15 is 0 Å². The first kappa shape index (κ1) is 35.3. The molecule has 3 amide bonds. The minimum absolute atomic E-state index is 0.0260. The lowest BCUT2D eigenvalue weighted by Crippen LogP contribution is -2.48. The summed E-state index contributed by atoms with van der Waals surface area (Å²) >= 11 is 0. The average molecular weight is 716 g/mol. The van der Waals surface area contributed by atoms with Crippen LogP contribution in [0.15, 0.2) is 59.8 Å². The maximum Gasteiger partial charge on any atom is 0.295 e. The van der Waals surface area contributed by atoms with Crippen molar-refractivity contribution in [3.8, 4) is 11.1 Å². The Balaban J connectivity index is 1.33. The molecule has 3 aromatic heterocycles. The average Bonchev–Trinajstić information content (AvgIpc) is 3.99. The maximum absolute atomic E-state index is 13.6. The lowest BCUT2D eigenvalue weighted by Gasteiger charge is -2.37. The quantitative estimate of drug-likeness (QED) is 0.149. The second-order valence-corrected chi connectivity index (χ2v) is 14.7. The van der Waals surface area contributed by atoms with Gasteiger partial charge in [-0.25, -0.2) is 8.42 Å². The van der Waals surface area contributed by atoms with Crippen LogP contribution in [0.25, 0.3) is 11.1 Å². The topological polar surface area (TPSA) is 220 Å². The Bertz CT molecular complexity index is 2170. The van der Waals surface area contributed by atoms with Gasteiger partial charge in [0, 0.05) is 56.6 Å². The summed E-state index contributed by atoms with van der Waals surface area (Å²) < 4.78 is 24.8. The predicted molar refractivity (Wildman–Crippen MR) is 187 cm³/mol. The van der Waals surface area contributed by atoms with Crippen molar-refractivity contribution < 1.29 is 33.0 Å². The molecule has 4 aromatic rings. The fourth-order valence-corrected chi connectivity index (χ4v) is 6.69. The Hall–Kier alpha value is -5.52. The van der Waals surface area contributed by atoms with Gasteiger partial charge in [-0.05, 0) is 49.6 Å². The van der Waals surface area contributed by atoms with Gasteiger partial charge >= 0.3 is 0 Å². The van der Waals surface area contributed by atoms with E-state index < -0.39 is 33.3 Å². The van der Waals surface area contributed by atoms with Crippen molar-refractivity contribution in [1.29, 1.82) is 0 Å². The summed E-state index contributed by atoms with van der Waals surface area (Å²) in [5.41, 5.74) is 3.40. The molecule has 51 heavy (non-hydrogen) atoms. The molecule has 0 radical (unpaired) electrons. The first-order valence-electron chi connectivity index (χ1n) is 16.1. The van der Waals surface area contributed by atoms with Gasteiger partial charge in [0.25, 0.3) is 17.7 Å². The van der Waals surface area contributed by atoms with Gasteiger partial charge in [-0.15, -0.1) is 10.2 Å². The molecule has 4 heterocycles. The number of hydrogen-bond donors (Lipinski definition) is 5. The van der Waals surface area contributed by atoms with Gasteiger partial charge in [0.2, 0.25) is 5.91 Å². The number of hydrogen-bond acceptors (Lipinski definition) is 13. The Kier molecular flexibility index (Phi) is 9.22. The lowest BCUT2D eigenvalue weighted by atomic mass is 9.89. The number of para-hydroxylation sites is 1. The van der Waals surface area contributed by atoms with Crippen molar-refractivity contribution >= 4 is 50.4 Å². The van der Waals surface area contributed by atoms with E-state index in [2.05, 4.69) is 36.1 Å². The SMILES string of the molecule is CCS(=O)(=O)c1ccnc(C(O)(O)N(C)C(=O)c2cc3c(cn2)-c2cccc(Nc4cc(NC(=O)C5CC5)nnc4C(=O)NC)c2N(C)C3C)c1. The number of sulfone groups is 1. The van der Waals surface area contributed by atoms with Crippen LogP contribution in [0.2, 0.25) is 0 Å². The molecule has 1 unspecified atom stereocenters. The molecule has 6 rings (SSSR count). The number of benzene rings is 1. The van der Waals surface area contributed by atoms with Crippen molar-refractivity contribution in [3.05, 3.63) is 77.5 Å². The fraction of sp³-hybridized carbons (Fsp3) is 0.324. The van der Waals surface area contributed by atoms with E-state index in [0.29, 0.717) is 21.8 Å². The molecular formula is C34H37N9O7S. The van der Waals surface area contributed by atoms with E-state index in [1.807, 2.05) is 37.1 Å². The highest BCUT2D eigenvalue weighted by atomic mass is 32.2. The standard InChI is InChI=1S/C34H37N9O7S/c1-6-51(49,50)20-12-13-36-27(14-20)34(47,48)43(5)33(46)26-15-22-18(2)42(4)30-21(23(22)17-37-26)8-7-9-24(30)38-25-16-28(39-31(44)19-10-11-19)40-41-29(25)32(45)35-3/h7-9,12-19,47-48H,6,10-11H2,1-5H3,(H,35,45)(H2,38,39,40,44). The zero-order valence-electron chi connectivity index (χ0n) is 28.5. The Labute approximate surface area is 293 Å². The van der Waals surface area contributed by atoms with Crippen molar-refractivity contribution in [3.63, 3.8) is 0 Å². The molecule has 5 N–H and O–H groups in total. The predicted octanol–water partition coefficient (Wildman–Crippen LogP) is 2.56. The first-order valence-corrected chi connectivity index (χ1v) is 17.8.